The van der Waals surface area contributed by atoms with Crippen molar-refractivity contribution >= 4 is 0 Å². The molecule has 0 bridgehead atoms. The molecule has 0 aliphatic rings. The van der Waals surface area contributed by atoms with Gasteiger partial charge in [-0.15, -0.1) is 0 Å². The van der Waals surface area contributed by atoms with Crippen molar-refractivity contribution in [3.05, 3.63) is 72.6 Å². The molecule has 3 rings (SSSR count). The van der Waals surface area contributed by atoms with Crippen molar-refractivity contribution in [3.8, 4) is 22.5 Å². The Balaban J connectivity index is 1.93. The zero-order valence-electron chi connectivity index (χ0n) is 10.7. The molecule has 0 spiro atoms. The van der Waals surface area contributed by atoms with Gasteiger partial charge in [0.15, 0.2) is 0 Å². The summed E-state index contributed by atoms with van der Waals surface area (Å²) in [7, 11) is 0. The number of pyridine rings is 2. The predicted octanol–water partition coefficient (Wildman–Crippen LogP) is 4.12. The van der Waals surface area contributed by atoms with E-state index in [4.69, 9.17) is 0 Å². The Labute approximate surface area is 112 Å². The van der Waals surface area contributed by atoms with Crippen LogP contribution in [0.5, 0.6) is 0 Å². The van der Waals surface area contributed by atoms with Gasteiger partial charge < -0.3 is 0 Å². The maximum absolute atomic E-state index is 4.49. The fraction of sp³-hybridized carbons (Fsp3) is 0.0588. The van der Waals surface area contributed by atoms with Crippen LogP contribution in [-0.2, 0) is 0 Å². The predicted molar refractivity (Wildman–Crippen MR) is 77.6 cm³/mol. The zero-order chi connectivity index (χ0) is 13.1. The summed E-state index contributed by atoms with van der Waals surface area (Å²) >= 11 is 0. The highest BCUT2D eigenvalue weighted by Crippen LogP contribution is 2.21. The van der Waals surface area contributed by atoms with Crippen molar-refractivity contribution in [3.63, 3.8) is 0 Å². The molecule has 2 heteroatoms. The molecule has 0 N–H and O–H groups in total. The van der Waals surface area contributed by atoms with E-state index in [-0.39, 0.29) is 0 Å². The molecule has 0 unspecified atom stereocenters. The van der Waals surface area contributed by atoms with Gasteiger partial charge in [-0.05, 0) is 30.7 Å². The molecule has 0 aliphatic carbocycles. The molecule has 2 nitrogen and oxygen atoms in total. The number of benzene rings is 1. The molecular formula is C17H14N2. The van der Waals surface area contributed by atoms with E-state index in [0.29, 0.717) is 0 Å². The first-order valence-corrected chi connectivity index (χ1v) is 6.27. The van der Waals surface area contributed by atoms with E-state index in [1.165, 1.54) is 11.1 Å². The van der Waals surface area contributed by atoms with Crippen LogP contribution in [-0.4, -0.2) is 9.97 Å². The van der Waals surface area contributed by atoms with Crippen LogP contribution >= 0.6 is 0 Å². The van der Waals surface area contributed by atoms with Crippen LogP contribution in [0.4, 0.5) is 0 Å². The van der Waals surface area contributed by atoms with Gasteiger partial charge in [0.25, 0.3) is 0 Å². The largest absolute Gasteiger partial charge is 0.255 e. The Bertz CT molecular complexity index is 656. The summed E-state index contributed by atoms with van der Waals surface area (Å²) in [4.78, 5) is 8.79. The maximum Gasteiger partial charge on any atom is 0.0886 e. The molecule has 1 aromatic carbocycles. The third kappa shape index (κ3) is 2.52. The average Bonchev–Trinajstić information content (AvgIpc) is 2.49. The minimum Gasteiger partial charge on any atom is -0.255 e. The Morgan fingerprint density at radius 2 is 1.42 bits per heavy atom. The van der Waals surface area contributed by atoms with E-state index in [2.05, 4.69) is 47.2 Å². The average molecular weight is 246 g/mol. The summed E-state index contributed by atoms with van der Waals surface area (Å²) in [5, 5.41) is 0. The van der Waals surface area contributed by atoms with E-state index in [1.807, 2.05) is 30.5 Å². The fourth-order valence-electron chi connectivity index (χ4n) is 1.98. The molecule has 19 heavy (non-hydrogen) atoms. The van der Waals surface area contributed by atoms with E-state index in [1.54, 1.807) is 6.20 Å². The molecule has 0 aliphatic heterocycles. The summed E-state index contributed by atoms with van der Waals surface area (Å²) in [6.07, 6.45) is 3.68. The summed E-state index contributed by atoms with van der Waals surface area (Å²) in [5.74, 6) is 0. The molecule has 0 saturated heterocycles. The molecule has 2 heterocycles. The lowest BCUT2D eigenvalue weighted by molar-refractivity contribution is 1.25. The van der Waals surface area contributed by atoms with Gasteiger partial charge in [-0.1, -0.05) is 42.0 Å². The smallest absolute Gasteiger partial charge is 0.0886 e. The first-order chi connectivity index (χ1) is 9.33. The second-order valence-corrected chi connectivity index (χ2v) is 4.51. The van der Waals surface area contributed by atoms with Crippen LogP contribution in [0, 0.1) is 6.92 Å². The molecule has 0 saturated carbocycles. The van der Waals surface area contributed by atoms with E-state index in [0.717, 1.165) is 17.0 Å². The Morgan fingerprint density at radius 3 is 2.05 bits per heavy atom. The summed E-state index contributed by atoms with van der Waals surface area (Å²) in [5.41, 5.74) is 5.38. The standard InChI is InChI=1S/C17H14N2/c1-13-5-7-14(8-6-13)15-9-10-17(19-12-15)16-4-2-3-11-18-16/h2-12H,1H3. The van der Waals surface area contributed by atoms with Crippen LogP contribution in [0.2, 0.25) is 0 Å². The number of aryl methyl sites for hydroxylation is 1. The molecule has 92 valence electrons. The maximum atomic E-state index is 4.49. The van der Waals surface area contributed by atoms with E-state index >= 15 is 0 Å². The Hall–Kier alpha value is -2.48. The van der Waals surface area contributed by atoms with Crippen molar-refractivity contribution in [2.75, 3.05) is 0 Å². The number of hydrogen-bond donors (Lipinski definition) is 0. The SMILES string of the molecule is Cc1ccc(-c2ccc(-c3ccccn3)nc2)cc1. The molecule has 0 fully saturated rings. The third-order valence-electron chi connectivity index (χ3n) is 3.08. The monoisotopic (exact) mass is 246 g/mol. The molecule has 0 atom stereocenters. The molecule has 0 radical (unpaired) electrons. The van der Waals surface area contributed by atoms with Crippen LogP contribution in [0.1, 0.15) is 5.56 Å². The van der Waals surface area contributed by atoms with Crippen LogP contribution in [0.3, 0.4) is 0 Å². The highest BCUT2D eigenvalue weighted by Gasteiger charge is 2.01. The number of aromatic nitrogens is 2. The normalized spacial score (nSPS) is 10.4. The second-order valence-electron chi connectivity index (χ2n) is 4.51. The van der Waals surface area contributed by atoms with Gasteiger partial charge in [0, 0.05) is 18.0 Å². The first-order valence-electron chi connectivity index (χ1n) is 6.27. The molecule has 3 aromatic rings. The lowest BCUT2D eigenvalue weighted by Gasteiger charge is -2.04. The van der Waals surface area contributed by atoms with Gasteiger partial charge in [0.1, 0.15) is 0 Å². The first kappa shape index (κ1) is 11.6. The van der Waals surface area contributed by atoms with Crippen LogP contribution in [0.25, 0.3) is 22.5 Å². The van der Waals surface area contributed by atoms with Crippen LogP contribution < -0.4 is 0 Å². The number of nitrogens with zero attached hydrogens (tertiary/aromatic N) is 2. The molecular weight excluding hydrogens is 232 g/mol. The summed E-state index contributed by atoms with van der Waals surface area (Å²) in [6.45, 7) is 2.09. The lowest BCUT2D eigenvalue weighted by Crippen LogP contribution is -1.87. The minimum atomic E-state index is 0.900. The van der Waals surface area contributed by atoms with Crippen molar-refractivity contribution < 1.29 is 0 Å². The van der Waals surface area contributed by atoms with Crippen molar-refractivity contribution in [2.24, 2.45) is 0 Å². The van der Waals surface area contributed by atoms with Gasteiger partial charge in [-0.3, -0.25) is 9.97 Å². The quantitative estimate of drug-likeness (QED) is 0.679. The minimum absolute atomic E-state index is 0.900. The molecule has 2 aromatic heterocycles. The third-order valence-corrected chi connectivity index (χ3v) is 3.08. The van der Waals surface area contributed by atoms with Gasteiger partial charge in [0.2, 0.25) is 0 Å². The Kier molecular flexibility index (Phi) is 3.07. The van der Waals surface area contributed by atoms with Crippen molar-refractivity contribution in [2.45, 2.75) is 6.92 Å². The zero-order valence-corrected chi connectivity index (χ0v) is 10.7. The summed E-state index contributed by atoms with van der Waals surface area (Å²) in [6, 6.07) is 18.4. The lowest BCUT2D eigenvalue weighted by atomic mass is 10.1. The van der Waals surface area contributed by atoms with Gasteiger partial charge in [-0.2, -0.15) is 0 Å². The van der Waals surface area contributed by atoms with Crippen molar-refractivity contribution in [1.29, 1.82) is 0 Å². The fourth-order valence-corrected chi connectivity index (χ4v) is 1.98. The number of rotatable bonds is 2. The highest BCUT2D eigenvalue weighted by atomic mass is 14.8. The van der Waals surface area contributed by atoms with E-state index < -0.39 is 0 Å². The van der Waals surface area contributed by atoms with Gasteiger partial charge in [0.05, 0.1) is 11.4 Å². The van der Waals surface area contributed by atoms with Crippen molar-refractivity contribution in [1.82, 2.24) is 9.97 Å². The van der Waals surface area contributed by atoms with Crippen LogP contribution in [0.15, 0.2) is 67.0 Å². The number of hydrogen-bond acceptors (Lipinski definition) is 2. The summed E-state index contributed by atoms with van der Waals surface area (Å²) < 4.78 is 0. The molecule has 0 amide bonds. The highest BCUT2D eigenvalue weighted by molar-refractivity contribution is 5.65. The van der Waals surface area contributed by atoms with E-state index in [9.17, 15) is 0 Å². The Morgan fingerprint density at radius 1 is 0.684 bits per heavy atom. The second kappa shape index (κ2) is 5.02. The van der Waals surface area contributed by atoms with Gasteiger partial charge in [-0.25, -0.2) is 0 Å². The van der Waals surface area contributed by atoms with Gasteiger partial charge >= 0.3 is 0 Å². The topological polar surface area (TPSA) is 25.8 Å².